The van der Waals surface area contributed by atoms with Gasteiger partial charge in [-0.05, 0) is 60.8 Å². The summed E-state index contributed by atoms with van der Waals surface area (Å²) in [6, 6.07) is 0. The van der Waals surface area contributed by atoms with E-state index in [1.54, 1.807) is 0 Å². The fourth-order valence-electron chi connectivity index (χ4n) is 3.42. The van der Waals surface area contributed by atoms with Crippen LogP contribution in [0.25, 0.3) is 0 Å². The third-order valence-corrected chi connectivity index (χ3v) is 4.70. The van der Waals surface area contributed by atoms with Gasteiger partial charge in [0, 0.05) is 11.1 Å². The second-order valence-electron chi connectivity index (χ2n) is 6.58. The van der Waals surface area contributed by atoms with E-state index in [0.29, 0.717) is 0 Å². The summed E-state index contributed by atoms with van der Waals surface area (Å²) in [5.41, 5.74) is 8.67. The number of rotatable bonds is 2. The molecule has 4 heteroatoms. The summed E-state index contributed by atoms with van der Waals surface area (Å²) in [7, 11) is 0. The van der Waals surface area contributed by atoms with Crippen LogP contribution in [0.2, 0.25) is 0 Å². The number of aliphatic imine (C=N–C) groups is 4. The predicted octanol–water partition coefficient (Wildman–Crippen LogP) is 4.69. The Balaban J connectivity index is 1.71. The third-order valence-electron chi connectivity index (χ3n) is 4.70. The Morgan fingerprint density at radius 1 is 0.536 bits per heavy atom. The minimum atomic E-state index is 0.819. The van der Waals surface area contributed by atoms with Crippen LogP contribution in [0.4, 0.5) is 0 Å². The SMILES string of the molecule is C=CC1=C(C=C)C2=NC1=CC1=NC(=CC3=NC(=CC4=NC(=C2)C=C4)C=C3)C=C1. The van der Waals surface area contributed by atoms with Crippen LogP contribution in [0.1, 0.15) is 0 Å². The first-order chi connectivity index (χ1) is 13.7. The molecule has 0 atom stereocenters. The zero-order valence-corrected chi connectivity index (χ0v) is 15.1. The third kappa shape index (κ3) is 2.81. The maximum atomic E-state index is 4.79. The molecule has 4 nitrogen and oxygen atoms in total. The van der Waals surface area contributed by atoms with Crippen molar-refractivity contribution < 1.29 is 0 Å². The van der Waals surface area contributed by atoms with Gasteiger partial charge in [0.1, 0.15) is 0 Å². The van der Waals surface area contributed by atoms with Gasteiger partial charge in [0.2, 0.25) is 0 Å². The molecule has 28 heavy (non-hydrogen) atoms. The lowest BCUT2D eigenvalue weighted by molar-refractivity contribution is 1.39. The molecule has 8 bridgehead atoms. The topological polar surface area (TPSA) is 49.4 Å². The first-order valence-electron chi connectivity index (χ1n) is 8.97. The Hall–Kier alpha value is -3.92. The number of nitrogens with zero attached hydrogens (tertiary/aromatic N) is 4. The van der Waals surface area contributed by atoms with E-state index in [2.05, 4.69) is 28.1 Å². The van der Waals surface area contributed by atoms with Crippen LogP contribution in [0.3, 0.4) is 0 Å². The molecule has 0 spiro atoms. The Morgan fingerprint density at radius 3 is 1.57 bits per heavy atom. The molecule has 132 valence electrons. The lowest BCUT2D eigenvalue weighted by Gasteiger charge is -1.99. The largest absolute Gasteiger partial charge is 0.249 e. The van der Waals surface area contributed by atoms with Gasteiger partial charge in [0.25, 0.3) is 0 Å². The van der Waals surface area contributed by atoms with Gasteiger partial charge in [0.05, 0.1) is 45.6 Å². The van der Waals surface area contributed by atoms with Crippen molar-refractivity contribution in [2.24, 2.45) is 20.0 Å². The summed E-state index contributed by atoms with van der Waals surface area (Å²) < 4.78 is 0. The zero-order valence-electron chi connectivity index (χ0n) is 15.1. The highest BCUT2D eigenvalue weighted by Crippen LogP contribution is 2.30. The average molecular weight is 360 g/mol. The fraction of sp³-hybridized carbons (Fsp3) is 0. The van der Waals surface area contributed by atoms with Crippen molar-refractivity contribution in [2.75, 3.05) is 0 Å². The highest BCUT2D eigenvalue weighted by molar-refractivity contribution is 6.18. The average Bonchev–Trinajstić information content (AvgIpc) is 3.45. The molecular formula is C24H16N4. The first kappa shape index (κ1) is 16.3. The van der Waals surface area contributed by atoms with Crippen LogP contribution in [-0.2, 0) is 0 Å². The first-order valence-corrected chi connectivity index (χ1v) is 8.97. The van der Waals surface area contributed by atoms with Gasteiger partial charge in [-0.15, -0.1) is 0 Å². The maximum absolute atomic E-state index is 4.79. The lowest BCUT2D eigenvalue weighted by atomic mass is 10.0. The second kappa shape index (κ2) is 6.35. The second-order valence-corrected chi connectivity index (χ2v) is 6.58. The molecule has 0 aliphatic carbocycles. The van der Waals surface area contributed by atoms with E-state index in [0.717, 1.165) is 56.8 Å². The van der Waals surface area contributed by atoms with Crippen molar-refractivity contribution in [3.63, 3.8) is 0 Å². The van der Waals surface area contributed by atoms with Crippen LogP contribution >= 0.6 is 0 Å². The molecule has 0 amide bonds. The molecule has 0 aromatic rings. The molecule has 0 aromatic carbocycles. The molecule has 0 saturated heterocycles. The molecule has 0 unspecified atom stereocenters. The molecule has 5 heterocycles. The summed E-state index contributed by atoms with van der Waals surface area (Å²) in [4.78, 5) is 18.7. The van der Waals surface area contributed by atoms with E-state index in [-0.39, 0.29) is 0 Å². The van der Waals surface area contributed by atoms with Crippen LogP contribution in [0, 0.1) is 0 Å². The molecule has 5 rings (SSSR count). The van der Waals surface area contributed by atoms with E-state index < -0.39 is 0 Å². The molecule has 0 radical (unpaired) electrons. The monoisotopic (exact) mass is 360 g/mol. The summed E-state index contributed by atoms with van der Waals surface area (Å²) in [6.07, 6.45) is 23.3. The predicted molar refractivity (Wildman–Crippen MR) is 117 cm³/mol. The summed E-state index contributed by atoms with van der Waals surface area (Å²) in [5, 5.41) is 0. The van der Waals surface area contributed by atoms with E-state index >= 15 is 0 Å². The van der Waals surface area contributed by atoms with E-state index in [1.165, 1.54) is 0 Å². The van der Waals surface area contributed by atoms with E-state index in [4.69, 9.17) is 4.99 Å². The van der Waals surface area contributed by atoms with Crippen LogP contribution in [-0.4, -0.2) is 22.8 Å². The Bertz CT molecular complexity index is 1210. The number of fused-ring (bicyclic) bond motifs is 4. The van der Waals surface area contributed by atoms with Crippen molar-refractivity contribution >= 4 is 22.8 Å². The van der Waals surface area contributed by atoms with Gasteiger partial charge in [0.15, 0.2) is 0 Å². The van der Waals surface area contributed by atoms with Crippen molar-refractivity contribution in [1.82, 2.24) is 0 Å². The summed E-state index contributed by atoms with van der Waals surface area (Å²) >= 11 is 0. The van der Waals surface area contributed by atoms with Gasteiger partial charge < -0.3 is 0 Å². The minimum Gasteiger partial charge on any atom is -0.249 e. The maximum Gasteiger partial charge on any atom is 0.0737 e. The summed E-state index contributed by atoms with van der Waals surface area (Å²) in [6.45, 7) is 7.91. The quantitative estimate of drug-likeness (QED) is 0.686. The van der Waals surface area contributed by atoms with Crippen LogP contribution in [0.5, 0.6) is 0 Å². The van der Waals surface area contributed by atoms with Crippen molar-refractivity contribution in [1.29, 1.82) is 0 Å². The standard InChI is InChI=1S/C24H16N4/c1-3-21-22(4-2)24-14-20-10-8-18(27-20)12-16-6-5-15(25-16)11-17-7-9-19(26-17)13-23(21)28-24/h3-14H,1-2H2. The fourth-order valence-corrected chi connectivity index (χ4v) is 3.42. The molecular weight excluding hydrogens is 344 g/mol. The van der Waals surface area contributed by atoms with Gasteiger partial charge in [-0.3, -0.25) is 0 Å². The van der Waals surface area contributed by atoms with Crippen molar-refractivity contribution in [2.45, 2.75) is 0 Å². The number of hydrogen-bond donors (Lipinski definition) is 0. The van der Waals surface area contributed by atoms with Gasteiger partial charge in [-0.2, -0.15) is 0 Å². The lowest BCUT2D eigenvalue weighted by Crippen LogP contribution is -1.94. The van der Waals surface area contributed by atoms with Gasteiger partial charge in [-0.1, -0.05) is 25.3 Å². The molecule has 0 fully saturated rings. The van der Waals surface area contributed by atoms with Crippen molar-refractivity contribution in [3.05, 3.63) is 120 Å². The van der Waals surface area contributed by atoms with Gasteiger partial charge >= 0.3 is 0 Å². The number of allylic oxidation sites excluding steroid dienone is 13. The Labute approximate surface area is 163 Å². The highest BCUT2D eigenvalue weighted by Gasteiger charge is 2.20. The molecule has 0 aromatic heterocycles. The zero-order chi connectivity index (χ0) is 19.1. The molecule has 0 saturated carbocycles. The molecule has 0 N–H and O–H groups in total. The van der Waals surface area contributed by atoms with Crippen molar-refractivity contribution in [3.8, 4) is 0 Å². The van der Waals surface area contributed by atoms with Gasteiger partial charge in [-0.25, -0.2) is 20.0 Å². The minimum absolute atomic E-state index is 0.819. The van der Waals surface area contributed by atoms with E-state index in [1.807, 2.05) is 72.9 Å². The smallest absolute Gasteiger partial charge is 0.0737 e. The van der Waals surface area contributed by atoms with Crippen LogP contribution in [0.15, 0.2) is 140 Å². The molecule has 5 aliphatic heterocycles. The Kier molecular flexibility index (Phi) is 3.69. The van der Waals surface area contributed by atoms with E-state index in [9.17, 15) is 0 Å². The van der Waals surface area contributed by atoms with Crippen LogP contribution < -0.4 is 0 Å². The normalized spacial score (nSPS) is 21.6. The highest BCUT2D eigenvalue weighted by atomic mass is 14.8. The summed E-state index contributed by atoms with van der Waals surface area (Å²) in [5.74, 6) is 0. The Morgan fingerprint density at radius 2 is 1.04 bits per heavy atom. The molecule has 5 aliphatic rings. The number of hydrogen-bond acceptors (Lipinski definition) is 4.